The second-order valence-electron chi connectivity index (χ2n) is 8.96. The Hall–Kier alpha value is -3.22. The Bertz CT molecular complexity index is 873. The molecule has 0 aromatic heterocycles. The van der Waals surface area contributed by atoms with Gasteiger partial charge in [0.1, 0.15) is 17.8 Å². The van der Waals surface area contributed by atoms with Crippen LogP contribution in [0, 0.1) is 5.92 Å². The predicted octanol–water partition coefficient (Wildman–Crippen LogP) is -1.39. The minimum absolute atomic E-state index is 0.00896. The number of aliphatic carboxylic acids is 1. The van der Waals surface area contributed by atoms with Crippen LogP contribution >= 0.6 is 0 Å². The number of amides is 3. The summed E-state index contributed by atoms with van der Waals surface area (Å²) in [5.41, 5.74) is 6.51. The number of carboxylic acids is 1. The highest BCUT2D eigenvalue weighted by molar-refractivity contribution is 5.94. The number of hydrogen-bond acceptors (Lipinski definition) is 8. The van der Waals surface area contributed by atoms with E-state index in [0.29, 0.717) is 12.0 Å². The van der Waals surface area contributed by atoms with Crippen molar-refractivity contribution in [3.05, 3.63) is 29.8 Å². The van der Waals surface area contributed by atoms with Crippen molar-refractivity contribution >= 4 is 23.7 Å². The average molecular weight is 497 g/mol. The van der Waals surface area contributed by atoms with Crippen LogP contribution < -0.4 is 21.7 Å². The van der Waals surface area contributed by atoms with Crippen LogP contribution in [0.4, 0.5) is 0 Å². The second kappa shape index (κ2) is 13.6. The number of aromatic hydroxyl groups is 1. The highest BCUT2D eigenvalue weighted by atomic mass is 16.4. The van der Waals surface area contributed by atoms with E-state index in [2.05, 4.69) is 16.0 Å². The minimum atomic E-state index is -1.66. The number of carbonyl (C=O) groups excluding carboxylic acids is 3. The highest BCUT2D eigenvalue weighted by Crippen LogP contribution is 2.12. The van der Waals surface area contributed by atoms with Crippen molar-refractivity contribution in [2.24, 2.45) is 11.7 Å². The van der Waals surface area contributed by atoms with Crippen molar-refractivity contribution in [2.45, 2.75) is 76.9 Å². The molecule has 1 aromatic carbocycles. The van der Waals surface area contributed by atoms with E-state index >= 15 is 0 Å². The van der Waals surface area contributed by atoms with Crippen LogP contribution in [-0.2, 0) is 25.6 Å². The van der Waals surface area contributed by atoms with Crippen molar-refractivity contribution in [3.8, 4) is 5.75 Å². The van der Waals surface area contributed by atoms with Gasteiger partial charge in [-0.25, -0.2) is 4.79 Å². The third-order valence-electron chi connectivity index (χ3n) is 5.18. The Morgan fingerprint density at radius 2 is 1.34 bits per heavy atom. The van der Waals surface area contributed by atoms with E-state index < -0.39 is 60.1 Å². The first-order chi connectivity index (χ1) is 16.2. The molecule has 0 aliphatic carbocycles. The van der Waals surface area contributed by atoms with Gasteiger partial charge in [0.05, 0.1) is 18.2 Å². The summed E-state index contributed by atoms with van der Waals surface area (Å²) in [5, 5.41) is 45.3. The summed E-state index contributed by atoms with van der Waals surface area (Å²) in [6.45, 7) is 6.15. The van der Waals surface area contributed by atoms with Gasteiger partial charge in [-0.05, 0) is 43.9 Å². The van der Waals surface area contributed by atoms with E-state index in [1.165, 1.54) is 26.0 Å². The number of rotatable bonds is 13. The number of carboxylic acid groups (broad SMARTS) is 1. The van der Waals surface area contributed by atoms with Crippen molar-refractivity contribution in [1.82, 2.24) is 16.0 Å². The molecule has 0 saturated carbocycles. The Labute approximate surface area is 203 Å². The zero-order valence-corrected chi connectivity index (χ0v) is 20.3. The van der Waals surface area contributed by atoms with Gasteiger partial charge in [0.15, 0.2) is 6.04 Å². The first-order valence-electron chi connectivity index (χ1n) is 11.3. The monoisotopic (exact) mass is 496 g/mol. The average Bonchev–Trinajstić information content (AvgIpc) is 2.75. The molecule has 0 saturated heterocycles. The third-order valence-corrected chi connectivity index (χ3v) is 5.18. The lowest BCUT2D eigenvalue weighted by atomic mass is 10.0. The molecule has 0 aliphatic heterocycles. The molecule has 12 nitrogen and oxygen atoms in total. The molecule has 0 spiro atoms. The van der Waals surface area contributed by atoms with E-state index in [9.17, 15) is 39.6 Å². The normalized spacial score (nSPS) is 16.3. The van der Waals surface area contributed by atoms with Gasteiger partial charge >= 0.3 is 5.97 Å². The summed E-state index contributed by atoms with van der Waals surface area (Å²) in [7, 11) is 0. The van der Waals surface area contributed by atoms with E-state index in [1.54, 1.807) is 12.1 Å². The first kappa shape index (κ1) is 29.8. The summed E-state index contributed by atoms with van der Waals surface area (Å²) in [6, 6.07) is 0.586. The summed E-state index contributed by atoms with van der Waals surface area (Å²) < 4.78 is 0. The lowest BCUT2D eigenvalue weighted by Crippen LogP contribution is -2.61. The number of aliphatic hydroxyl groups excluding tert-OH is 2. The molecule has 196 valence electrons. The lowest BCUT2D eigenvalue weighted by Gasteiger charge is -2.27. The smallest absolute Gasteiger partial charge is 0.328 e. The van der Waals surface area contributed by atoms with Crippen LogP contribution in [0.1, 0.15) is 39.7 Å². The zero-order valence-electron chi connectivity index (χ0n) is 20.3. The number of aliphatic hydroxyl groups is 2. The Morgan fingerprint density at radius 1 is 0.829 bits per heavy atom. The fourth-order valence-electron chi connectivity index (χ4n) is 3.26. The molecule has 9 N–H and O–H groups in total. The lowest BCUT2D eigenvalue weighted by molar-refractivity contribution is -0.146. The van der Waals surface area contributed by atoms with Gasteiger partial charge in [-0.1, -0.05) is 26.0 Å². The van der Waals surface area contributed by atoms with Gasteiger partial charge in [-0.3, -0.25) is 14.4 Å². The van der Waals surface area contributed by atoms with E-state index in [4.69, 9.17) is 5.73 Å². The number of hydrogen-bond donors (Lipinski definition) is 8. The number of phenolic OH excluding ortho intramolecular Hbond substituents is 1. The standard InChI is InChI=1S/C23H36N4O8/c1-11(2)9-16(24)20(31)25-17(10-14-5-7-15(30)8-6-14)21(32)26-18(12(3)28)22(33)27-19(13(4)29)23(34)35/h5-8,11-13,16-19,28-30H,9-10,24H2,1-4H3,(H,25,31)(H,26,32)(H,27,33)(H,34,35). The zero-order chi connectivity index (χ0) is 26.9. The summed E-state index contributed by atoms with van der Waals surface area (Å²) in [6.07, 6.45) is -2.53. The molecule has 3 amide bonds. The number of nitrogens with two attached hydrogens (primary N) is 1. The van der Waals surface area contributed by atoms with E-state index in [0.717, 1.165) is 0 Å². The Balaban J connectivity index is 3.11. The Kier molecular flexibility index (Phi) is 11.6. The maximum absolute atomic E-state index is 13.1. The van der Waals surface area contributed by atoms with Gasteiger partial charge in [-0.15, -0.1) is 0 Å². The quantitative estimate of drug-likeness (QED) is 0.161. The number of phenols is 1. The Morgan fingerprint density at radius 3 is 1.80 bits per heavy atom. The topological polar surface area (TPSA) is 211 Å². The highest BCUT2D eigenvalue weighted by Gasteiger charge is 2.34. The molecule has 12 heteroatoms. The molecule has 0 bridgehead atoms. The SMILES string of the molecule is CC(C)CC(N)C(=O)NC(Cc1ccc(O)cc1)C(=O)NC(C(=O)NC(C(=O)O)C(C)O)C(C)O. The molecule has 6 unspecified atom stereocenters. The van der Waals surface area contributed by atoms with Crippen LogP contribution in [0.25, 0.3) is 0 Å². The molecule has 0 fully saturated rings. The van der Waals surface area contributed by atoms with E-state index in [-0.39, 0.29) is 18.1 Å². The summed E-state index contributed by atoms with van der Waals surface area (Å²) in [4.78, 5) is 49.6. The maximum atomic E-state index is 13.1. The van der Waals surface area contributed by atoms with Gasteiger partial charge < -0.3 is 42.1 Å². The van der Waals surface area contributed by atoms with Crippen LogP contribution in [0.2, 0.25) is 0 Å². The largest absolute Gasteiger partial charge is 0.508 e. The fourth-order valence-corrected chi connectivity index (χ4v) is 3.26. The number of benzene rings is 1. The molecule has 1 aromatic rings. The minimum Gasteiger partial charge on any atom is -0.508 e. The molecule has 0 aliphatic rings. The van der Waals surface area contributed by atoms with Crippen LogP contribution in [-0.4, -0.2) is 80.5 Å². The number of nitrogens with one attached hydrogen (secondary N) is 3. The second-order valence-corrected chi connectivity index (χ2v) is 8.96. The summed E-state index contributed by atoms with van der Waals surface area (Å²) in [5.74, 6) is -3.81. The molecule has 0 heterocycles. The van der Waals surface area contributed by atoms with Crippen LogP contribution in [0.5, 0.6) is 5.75 Å². The molecule has 1 rings (SSSR count). The van der Waals surface area contributed by atoms with Crippen molar-refractivity contribution in [2.75, 3.05) is 0 Å². The molecular formula is C23H36N4O8. The van der Waals surface area contributed by atoms with Gasteiger partial charge in [0, 0.05) is 6.42 Å². The predicted molar refractivity (Wildman–Crippen MR) is 126 cm³/mol. The van der Waals surface area contributed by atoms with Crippen molar-refractivity contribution < 1.29 is 39.6 Å². The molecule has 35 heavy (non-hydrogen) atoms. The fraction of sp³-hybridized carbons (Fsp3) is 0.565. The van der Waals surface area contributed by atoms with E-state index in [1.807, 2.05) is 13.8 Å². The van der Waals surface area contributed by atoms with Gasteiger partial charge in [0.2, 0.25) is 17.7 Å². The van der Waals surface area contributed by atoms with Crippen LogP contribution in [0.3, 0.4) is 0 Å². The van der Waals surface area contributed by atoms with Crippen molar-refractivity contribution in [3.63, 3.8) is 0 Å². The third kappa shape index (κ3) is 9.89. The summed E-state index contributed by atoms with van der Waals surface area (Å²) >= 11 is 0. The van der Waals surface area contributed by atoms with Crippen LogP contribution in [0.15, 0.2) is 24.3 Å². The number of carbonyl (C=O) groups is 4. The molecular weight excluding hydrogens is 460 g/mol. The first-order valence-corrected chi connectivity index (χ1v) is 11.3. The molecule has 6 atom stereocenters. The van der Waals surface area contributed by atoms with Gasteiger partial charge in [0.25, 0.3) is 0 Å². The maximum Gasteiger partial charge on any atom is 0.328 e. The molecule has 0 radical (unpaired) electrons. The van der Waals surface area contributed by atoms with Gasteiger partial charge in [-0.2, -0.15) is 0 Å². The van der Waals surface area contributed by atoms with Crippen molar-refractivity contribution in [1.29, 1.82) is 0 Å².